The Labute approximate surface area is 197 Å². The third-order valence-corrected chi connectivity index (χ3v) is 14.1. The van der Waals surface area contributed by atoms with E-state index in [0.717, 1.165) is 28.4 Å². The predicted octanol–water partition coefficient (Wildman–Crippen LogP) is 8.35. The molecule has 158 valence electrons. The minimum atomic E-state index is -2.30. The Bertz CT molecular complexity index is 1200. The standard InChI is InChI=1S/C25H25O2PSSeSi/c1-31(2,3)17-16-29-28(30)26-22-14-12-18-8-4-6-10-20(18)24(22)25-21-11-7-5-9-19(21)13-15-23(25)27-28/h4-15H,16-17H2,1-3H3. The number of benzene rings is 4. The van der Waals surface area contributed by atoms with Crippen LogP contribution in [0.2, 0.25) is 25.7 Å². The van der Waals surface area contributed by atoms with Gasteiger partial charge in [0.1, 0.15) is 0 Å². The first-order chi connectivity index (χ1) is 14.8. The first-order valence-corrected chi connectivity index (χ1v) is 19.6. The van der Waals surface area contributed by atoms with Gasteiger partial charge in [-0.1, -0.05) is 0 Å². The average Bonchev–Trinajstić information content (AvgIpc) is 2.86. The molecule has 0 aliphatic carbocycles. The molecule has 31 heavy (non-hydrogen) atoms. The van der Waals surface area contributed by atoms with E-state index < -0.39 is 13.7 Å². The van der Waals surface area contributed by atoms with Crippen LogP contribution in [-0.4, -0.2) is 29.4 Å². The molecule has 1 aliphatic heterocycles. The van der Waals surface area contributed by atoms with Crippen molar-refractivity contribution in [3.63, 3.8) is 0 Å². The average molecular weight is 528 g/mol. The molecule has 0 atom stereocenters. The molecular weight excluding hydrogens is 502 g/mol. The summed E-state index contributed by atoms with van der Waals surface area (Å²) in [5.74, 6) is 2.85. The van der Waals surface area contributed by atoms with Crippen molar-refractivity contribution in [1.82, 2.24) is 0 Å². The second kappa shape index (κ2) is 8.14. The van der Waals surface area contributed by atoms with E-state index in [1.54, 1.807) is 0 Å². The molecule has 4 aromatic carbocycles. The van der Waals surface area contributed by atoms with Crippen LogP contribution in [0.25, 0.3) is 32.7 Å². The molecule has 0 bridgehead atoms. The fourth-order valence-electron chi connectivity index (χ4n) is 3.95. The molecule has 1 heterocycles. The van der Waals surface area contributed by atoms with E-state index in [9.17, 15) is 0 Å². The number of fused-ring (bicyclic) bond motifs is 7. The van der Waals surface area contributed by atoms with Crippen molar-refractivity contribution in [1.29, 1.82) is 0 Å². The Balaban J connectivity index is 1.72. The molecular formula is C25H25O2PSSeSi. The van der Waals surface area contributed by atoms with E-state index in [1.165, 1.54) is 27.6 Å². The molecule has 0 aromatic heterocycles. The van der Waals surface area contributed by atoms with Crippen LogP contribution in [0, 0.1) is 0 Å². The van der Waals surface area contributed by atoms with E-state index in [4.69, 9.17) is 9.05 Å². The van der Waals surface area contributed by atoms with Gasteiger partial charge in [0.05, 0.1) is 0 Å². The van der Waals surface area contributed by atoms with Gasteiger partial charge in [-0.25, -0.2) is 0 Å². The van der Waals surface area contributed by atoms with Gasteiger partial charge in [-0.15, -0.1) is 0 Å². The second-order valence-corrected chi connectivity index (χ2v) is 23.4. The van der Waals surface area contributed by atoms with Crippen LogP contribution in [0.1, 0.15) is 0 Å². The summed E-state index contributed by atoms with van der Waals surface area (Å²) >= 11 is 5.17. The number of rotatable bonds is 4. The van der Waals surface area contributed by atoms with E-state index in [1.807, 2.05) is 11.4 Å². The van der Waals surface area contributed by atoms with Gasteiger partial charge in [0.2, 0.25) is 0 Å². The quantitative estimate of drug-likeness (QED) is 0.196. The van der Waals surface area contributed by atoms with Crippen LogP contribution < -0.4 is 9.05 Å². The van der Waals surface area contributed by atoms with Crippen molar-refractivity contribution in [3.05, 3.63) is 72.8 Å². The van der Waals surface area contributed by atoms with Gasteiger partial charge < -0.3 is 0 Å². The normalized spacial score (nSPS) is 15.0. The summed E-state index contributed by atoms with van der Waals surface area (Å²) in [6.07, 6.45) is 0. The molecule has 0 saturated heterocycles. The van der Waals surface area contributed by atoms with E-state index >= 15 is 0 Å². The van der Waals surface area contributed by atoms with Crippen molar-refractivity contribution in [2.24, 2.45) is 0 Å². The van der Waals surface area contributed by atoms with Crippen molar-refractivity contribution in [2.75, 3.05) is 5.75 Å². The SMILES string of the molecule is C[Si](C)(C)CCS[P+]1([Se-])Oc2ccc3ccccc3c2-c2c(ccc3ccccc23)O1. The maximum absolute atomic E-state index is 6.71. The van der Waals surface area contributed by atoms with E-state index in [0.29, 0.717) is 0 Å². The molecule has 0 radical (unpaired) electrons. The molecule has 1 aliphatic rings. The van der Waals surface area contributed by atoms with Crippen LogP contribution in [0.4, 0.5) is 0 Å². The number of hydrogen-bond donors (Lipinski definition) is 0. The first-order valence-electron chi connectivity index (χ1n) is 10.5. The first kappa shape index (κ1) is 21.4. The molecule has 0 amide bonds. The summed E-state index contributed by atoms with van der Waals surface area (Å²) in [7, 11) is -1.13. The topological polar surface area (TPSA) is 18.5 Å². The van der Waals surface area contributed by atoms with Crippen LogP contribution >= 0.6 is 17.0 Å². The van der Waals surface area contributed by atoms with Gasteiger partial charge in [-0.05, 0) is 0 Å². The Morgan fingerprint density at radius 3 is 1.71 bits per heavy atom. The summed E-state index contributed by atoms with van der Waals surface area (Å²) in [6.45, 7) is 7.24. The molecule has 4 aromatic rings. The summed E-state index contributed by atoms with van der Waals surface area (Å²) in [6, 6.07) is 26.8. The van der Waals surface area contributed by atoms with Gasteiger partial charge in [0, 0.05) is 0 Å². The Hall–Kier alpha value is -1.48. The summed E-state index contributed by atoms with van der Waals surface area (Å²) in [5.41, 5.74) is -0.0352. The molecule has 0 spiro atoms. The number of hydrogen-bond acceptors (Lipinski definition) is 3. The minimum absolute atomic E-state index is 0.904. The van der Waals surface area contributed by atoms with Gasteiger partial charge >= 0.3 is 198 Å². The van der Waals surface area contributed by atoms with Crippen LogP contribution in [0.5, 0.6) is 11.5 Å². The third-order valence-electron chi connectivity index (χ3n) is 5.55. The van der Waals surface area contributed by atoms with E-state index in [2.05, 4.69) is 108 Å². The van der Waals surface area contributed by atoms with E-state index in [-0.39, 0.29) is 0 Å². The fourth-order valence-corrected chi connectivity index (χ4v) is 12.6. The van der Waals surface area contributed by atoms with Gasteiger partial charge in [-0.2, -0.15) is 0 Å². The molecule has 6 heteroatoms. The third kappa shape index (κ3) is 4.27. The Kier molecular flexibility index (Phi) is 5.61. The van der Waals surface area contributed by atoms with Crippen molar-refractivity contribution < 1.29 is 9.05 Å². The van der Waals surface area contributed by atoms with Gasteiger partial charge in [-0.3, -0.25) is 0 Å². The van der Waals surface area contributed by atoms with Crippen LogP contribution in [0.3, 0.4) is 0 Å². The second-order valence-electron chi connectivity index (χ2n) is 9.09. The summed E-state index contributed by atoms with van der Waals surface area (Å²) in [4.78, 5) is 0. The zero-order chi connectivity index (χ0) is 21.6. The zero-order valence-corrected chi connectivity index (χ0v) is 22.3. The molecule has 2 nitrogen and oxygen atoms in total. The molecule has 0 N–H and O–H groups in total. The fraction of sp³-hybridized carbons (Fsp3) is 0.200. The predicted molar refractivity (Wildman–Crippen MR) is 141 cm³/mol. The molecule has 5 rings (SSSR count). The Morgan fingerprint density at radius 1 is 0.742 bits per heavy atom. The van der Waals surface area contributed by atoms with Crippen LogP contribution in [0.15, 0.2) is 72.8 Å². The van der Waals surface area contributed by atoms with Crippen LogP contribution in [-0.2, 0) is 0 Å². The van der Waals surface area contributed by atoms with Crippen molar-refractivity contribution in [3.8, 4) is 22.6 Å². The van der Waals surface area contributed by atoms with Gasteiger partial charge in [0.15, 0.2) is 0 Å². The summed E-state index contributed by atoms with van der Waals surface area (Å²) < 4.78 is 13.4. The zero-order valence-electron chi connectivity index (χ0n) is 17.9. The molecule has 0 unspecified atom stereocenters. The molecule has 0 fully saturated rings. The molecule has 0 saturated carbocycles. The summed E-state index contributed by atoms with van der Waals surface area (Å²) in [5, 5.41) is 4.81. The monoisotopic (exact) mass is 528 g/mol. The Morgan fingerprint density at radius 2 is 1.23 bits per heavy atom. The van der Waals surface area contributed by atoms with Crippen molar-refractivity contribution in [2.45, 2.75) is 25.7 Å². The maximum atomic E-state index is 6.71. The van der Waals surface area contributed by atoms with Gasteiger partial charge in [0.25, 0.3) is 0 Å². The van der Waals surface area contributed by atoms with Crippen molar-refractivity contribution >= 4 is 62.2 Å².